The van der Waals surface area contributed by atoms with E-state index in [2.05, 4.69) is 5.32 Å². The van der Waals surface area contributed by atoms with Crippen LogP contribution in [0.25, 0.3) is 0 Å². The van der Waals surface area contributed by atoms with E-state index in [9.17, 15) is 14.7 Å². The highest BCUT2D eigenvalue weighted by Crippen LogP contribution is 2.23. The van der Waals surface area contributed by atoms with E-state index in [1.54, 1.807) is 29.2 Å². The topological polar surface area (TPSA) is 69.6 Å². The van der Waals surface area contributed by atoms with Crippen LogP contribution in [-0.2, 0) is 9.59 Å². The van der Waals surface area contributed by atoms with Crippen LogP contribution in [0.3, 0.4) is 0 Å². The molecule has 126 valence electrons. The molecule has 2 amide bonds. The van der Waals surface area contributed by atoms with Crippen LogP contribution >= 0.6 is 11.6 Å². The Bertz CT molecular complexity index is 577. The Labute approximate surface area is 141 Å². The van der Waals surface area contributed by atoms with Crippen molar-refractivity contribution in [2.45, 2.75) is 38.8 Å². The molecule has 0 saturated carbocycles. The number of likely N-dealkylation sites (tertiary alicyclic amines) is 1. The quantitative estimate of drug-likeness (QED) is 0.835. The zero-order valence-electron chi connectivity index (χ0n) is 13.5. The van der Waals surface area contributed by atoms with Gasteiger partial charge >= 0.3 is 0 Å². The van der Waals surface area contributed by atoms with Gasteiger partial charge in [-0.3, -0.25) is 9.59 Å². The molecule has 2 N–H and O–H groups in total. The molecular formula is C17H23ClN2O3. The van der Waals surface area contributed by atoms with Crippen molar-refractivity contribution in [3.8, 4) is 0 Å². The van der Waals surface area contributed by atoms with Gasteiger partial charge in [0.1, 0.15) is 6.04 Å². The second-order valence-electron chi connectivity index (χ2n) is 6.16. The van der Waals surface area contributed by atoms with Crippen LogP contribution in [-0.4, -0.2) is 41.0 Å². The maximum Gasteiger partial charge on any atom is 0.243 e. The first-order valence-electron chi connectivity index (χ1n) is 7.91. The fraction of sp³-hybridized carbons (Fsp3) is 0.529. The van der Waals surface area contributed by atoms with Crippen molar-refractivity contribution in [2.75, 3.05) is 13.1 Å². The fourth-order valence-electron chi connectivity index (χ4n) is 2.92. The number of aliphatic hydroxyl groups is 1. The Balaban J connectivity index is 1.99. The highest BCUT2D eigenvalue weighted by Gasteiger charge is 2.34. The van der Waals surface area contributed by atoms with Gasteiger partial charge < -0.3 is 15.3 Å². The Morgan fingerprint density at radius 3 is 2.65 bits per heavy atom. The monoisotopic (exact) mass is 338 g/mol. The summed E-state index contributed by atoms with van der Waals surface area (Å²) in [6, 6.07) is 6.49. The molecule has 1 aromatic rings. The molecular weight excluding hydrogens is 316 g/mol. The molecule has 6 heteroatoms. The van der Waals surface area contributed by atoms with Gasteiger partial charge in [0.15, 0.2) is 0 Å². The van der Waals surface area contributed by atoms with Crippen LogP contribution in [0.2, 0.25) is 5.02 Å². The normalized spacial score (nSPS) is 17.4. The van der Waals surface area contributed by atoms with Gasteiger partial charge in [-0.2, -0.15) is 0 Å². The molecule has 23 heavy (non-hydrogen) atoms. The summed E-state index contributed by atoms with van der Waals surface area (Å²) in [4.78, 5) is 26.0. The third kappa shape index (κ3) is 4.24. The Hall–Kier alpha value is -1.59. The molecule has 1 aliphatic heterocycles. The van der Waals surface area contributed by atoms with Crippen molar-refractivity contribution in [2.24, 2.45) is 5.92 Å². The molecule has 1 heterocycles. The fourth-order valence-corrected chi connectivity index (χ4v) is 3.19. The number of hydrogen-bond donors (Lipinski definition) is 2. The minimum atomic E-state index is -0.880. The smallest absolute Gasteiger partial charge is 0.243 e. The van der Waals surface area contributed by atoms with Gasteiger partial charge in [0.05, 0.1) is 6.10 Å². The van der Waals surface area contributed by atoms with E-state index in [1.807, 2.05) is 13.8 Å². The highest BCUT2D eigenvalue weighted by molar-refractivity contribution is 6.31. The zero-order chi connectivity index (χ0) is 17.0. The maximum atomic E-state index is 12.5. The largest absolute Gasteiger partial charge is 0.387 e. The maximum absolute atomic E-state index is 12.5. The van der Waals surface area contributed by atoms with Crippen LogP contribution in [0.15, 0.2) is 24.3 Å². The van der Waals surface area contributed by atoms with Crippen molar-refractivity contribution in [3.05, 3.63) is 34.9 Å². The molecule has 0 bridgehead atoms. The number of carbonyl (C=O) groups is 2. The predicted octanol–water partition coefficient (Wildman–Crippen LogP) is 2.14. The lowest BCUT2D eigenvalue weighted by atomic mass is 10.0. The second kappa shape index (κ2) is 7.79. The summed E-state index contributed by atoms with van der Waals surface area (Å²) in [5.74, 6) is -0.207. The van der Waals surface area contributed by atoms with Crippen LogP contribution in [0, 0.1) is 5.92 Å². The van der Waals surface area contributed by atoms with Crippen molar-refractivity contribution in [1.29, 1.82) is 0 Å². The lowest BCUT2D eigenvalue weighted by Crippen LogP contribution is -2.51. The summed E-state index contributed by atoms with van der Waals surface area (Å²) < 4.78 is 0. The second-order valence-corrected chi connectivity index (χ2v) is 6.57. The summed E-state index contributed by atoms with van der Waals surface area (Å²) in [5, 5.41) is 13.4. The summed E-state index contributed by atoms with van der Waals surface area (Å²) >= 11 is 6.04. The lowest BCUT2D eigenvalue weighted by molar-refractivity contribution is -0.139. The number of nitrogens with one attached hydrogen (secondary N) is 1. The van der Waals surface area contributed by atoms with Crippen LogP contribution in [0.1, 0.15) is 38.4 Å². The molecule has 2 rings (SSSR count). The first kappa shape index (κ1) is 17.8. The SMILES string of the molecule is CC(C)C(C(=O)NCC(O)c1ccccc1Cl)N1CCCC1=O. The minimum absolute atomic E-state index is 0.00880. The molecule has 1 saturated heterocycles. The number of benzene rings is 1. The van der Waals surface area contributed by atoms with Gasteiger partial charge in [-0.25, -0.2) is 0 Å². The van der Waals surface area contributed by atoms with Gasteiger partial charge in [0.2, 0.25) is 11.8 Å². The van der Waals surface area contributed by atoms with E-state index in [0.29, 0.717) is 23.6 Å². The van der Waals surface area contributed by atoms with Crippen LogP contribution in [0.5, 0.6) is 0 Å². The van der Waals surface area contributed by atoms with Crippen molar-refractivity contribution in [3.63, 3.8) is 0 Å². The van der Waals surface area contributed by atoms with Gasteiger partial charge in [-0.05, 0) is 18.4 Å². The molecule has 2 unspecified atom stereocenters. The summed E-state index contributed by atoms with van der Waals surface area (Å²) in [6.45, 7) is 4.51. The first-order valence-corrected chi connectivity index (χ1v) is 8.29. The number of halogens is 1. The van der Waals surface area contributed by atoms with Gasteiger partial charge in [-0.1, -0.05) is 43.6 Å². The van der Waals surface area contributed by atoms with Crippen LogP contribution < -0.4 is 5.32 Å². The Morgan fingerprint density at radius 1 is 1.39 bits per heavy atom. The molecule has 0 aromatic heterocycles. The molecule has 2 atom stereocenters. The average molecular weight is 339 g/mol. The summed E-state index contributed by atoms with van der Waals surface area (Å²) in [7, 11) is 0. The molecule has 1 aromatic carbocycles. The number of carbonyl (C=O) groups excluding carboxylic acids is 2. The summed E-state index contributed by atoms with van der Waals surface area (Å²) in [6.07, 6.45) is 0.408. The van der Waals surface area contributed by atoms with Crippen molar-refractivity contribution >= 4 is 23.4 Å². The van der Waals surface area contributed by atoms with E-state index < -0.39 is 12.1 Å². The number of nitrogens with zero attached hydrogens (tertiary/aromatic N) is 1. The Morgan fingerprint density at radius 2 is 2.09 bits per heavy atom. The van der Waals surface area contributed by atoms with E-state index >= 15 is 0 Å². The van der Waals surface area contributed by atoms with Gasteiger partial charge in [0, 0.05) is 30.1 Å². The number of hydrogen-bond acceptors (Lipinski definition) is 3. The van der Waals surface area contributed by atoms with E-state index in [-0.39, 0.29) is 24.3 Å². The lowest BCUT2D eigenvalue weighted by Gasteiger charge is -2.30. The van der Waals surface area contributed by atoms with Gasteiger partial charge in [-0.15, -0.1) is 0 Å². The number of aliphatic hydroxyl groups excluding tert-OH is 1. The molecule has 5 nitrogen and oxygen atoms in total. The van der Waals surface area contributed by atoms with E-state index in [0.717, 1.165) is 6.42 Å². The molecule has 0 spiro atoms. The average Bonchev–Trinajstić information content (AvgIpc) is 2.91. The molecule has 1 aliphatic rings. The van der Waals surface area contributed by atoms with Crippen molar-refractivity contribution in [1.82, 2.24) is 10.2 Å². The molecule has 1 fully saturated rings. The van der Waals surface area contributed by atoms with Crippen molar-refractivity contribution < 1.29 is 14.7 Å². The number of amides is 2. The minimum Gasteiger partial charge on any atom is -0.387 e. The highest BCUT2D eigenvalue weighted by atomic mass is 35.5. The molecule has 0 radical (unpaired) electrons. The molecule has 0 aliphatic carbocycles. The third-order valence-corrected chi connectivity index (χ3v) is 4.42. The predicted molar refractivity (Wildman–Crippen MR) is 89.0 cm³/mol. The first-order chi connectivity index (χ1) is 10.9. The summed E-state index contributed by atoms with van der Waals surface area (Å²) in [5.41, 5.74) is 0.577. The standard InChI is InChI=1S/C17H23ClN2O3/c1-11(2)16(20-9-5-8-15(20)22)17(23)19-10-14(21)12-6-3-4-7-13(12)18/h3-4,6-7,11,14,16,21H,5,8-10H2,1-2H3,(H,19,23). The van der Waals surface area contributed by atoms with E-state index in [4.69, 9.17) is 11.6 Å². The van der Waals surface area contributed by atoms with E-state index in [1.165, 1.54) is 0 Å². The third-order valence-electron chi connectivity index (χ3n) is 4.08. The zero-order valence-corrected chi connectivity index (χ0v) is 14.2. The van der Waals surface area contributed by atoms with Crippen LogP contribution in [0.4, 0.5) is 0 Å². The number of rotatable bonds is 6. The Kier molecular flexibility index (Phi) is 6.02. The van der Waals surface area contributed by atoms with Gasteiger partial charge in [0.25, 0.3) is 0 Å².